The van der Waals surface area contributed by atoms with Gasteiger partial charge in [-0.05, 0) is 68.2 Å². The summed E-state index contributed by atoms with van der Waals surface area (Å²) in [5.41, 5.74) is 1.34. The summed E-state index contributed by atoms with van der Waals surface area (Å²) < 4.78 is 56.8. The Labute approximate surface area is 479 Å². The van der Waals surface area contributed by atoms with E-state index in [1.54, 1.807) is 72.3 Å². The van der Waals surface area contributed by atoms with Crippen molar-refractivity contribution < 1.29 is 70.5 Å². The second-order valence-corrected chi connectivity index (χ2v) is 24.3. The van der Waals surface area contributed by atoms with E-state index in [0.717, 1.165) is 10.6 Å². The Balaban J connectivity index is 1.11. The molecule has 2 aliphatic heterocycles. The minimum Gasteiger partial charge on any atom is -0.379 e. The Bertz CT molecular complexity index is 2480. The molecule has 3 aliphatic rings. The summed E-state index contributed by atoms with van der Waals surface area (Å²) in [6.07, 6.45) is 1.29. The normalized spacial score (nSPS) is 18.6. The van der Waals surface area contributed by atoms with Gasteiger partial charge in [-0.2, -0.15) is 0 Å². The van der Waals surface area contributed by atoms with Gasteiger partial charge < -0.3 is 38.8 Å². The maximum atomic E-state index is 14.8. The van der Waals surface area contributed by atoms with E-state index in [1.165, 1.54) is 14.2 Å². The lowest BCUT2D eigenvalue weighted by molar-refractivity contribution is -0.149. The van der Waals surface area contributed by atoms with Crippen molar-refractivity contribution in [2.45, 2.75) is 141 Å². The molecule has 22 heteroatoms. The highest BCUT2D eigenvalue weighted by atomic mass is 32.2. The van der Waals surface area contributed by atoms with Crippen LogP contribution in [0.4, 0.5) is 0 Å². The van der Waals surface area contributed by atoms with E-state index >= 15 is 0 Å². The summed E-state index contributed by atoms with van der Waals surface area (Å²) in [6, 6.07) is 12.8. The van der Waals surface area contributed by atoms with Gasteiger partial charge >= 0.3 is 0 Å². The molecule has 21 nitrogen and oxygen atoms in total. The molecule has 2 aromatic rings. The minimum absolute atomic E-state index is 0.0141. The number of ketones is 1. The van der Waals surface area contributed by atoms with E-state index in [4.69, 9.17) is 28.5 Å². The van der Waals surface area contributed by atoms with Gasteiger partial charge in [0.05, 0.1) is 105 Å². The molecule has 0 radical (unpaired) electrons. The first-order valence-electron chi connectivity index (χ1n) is 28.7. The lowest BCUT2D eigenvalue weighted by Crippen LogP contribution is -2.55. The van der Waals surface area contributed by atoms with E-state index in [-0.39, 0.29) is 74.4 Å². The average Bonchev–Trinajstić information content (AvgIpc) is 4.30. The molecule has 81 heavy (non-hydrogen) atoms. The molecule has 1 saturated heterocycles. The molecule has 1 aliphatic carbocycles. The standard InChI is InChI=1S/C59H90N6O15S/c1-12-40(6)53(50(75-10)37-51(67)64-26-18-23-48(64)54(76-11)41(7)55(68)60-47(35-42-19-14-13-15-20-42)56(69)61-81(73,74)43-24-25-43)63(9)57(70)46(38(2)3)36-49(66)52(39(4)5)62(8)27-28-77-29-30-78-31-32-79-33-34-80-65-58(71)44-21-16-17-22-45(44)59(65)72/h13-17,19-22,38-41,43,46-48,50,52-54H,12,18,23-37H2,1-11H3,(H,60,68)(H,61,69)/t40-,41+,46-,47-,48-,50+,52-,53-,54+/m0/s1. The predicted molar refractivity (Wildman–Crippen MR) is 303 cm³/mol. The summed E-state index contributed by atoms with van der Waals surface area (Å²) in [6.45, 7) is 16.1. The summed E-state index contributed by atoms with van der Waals surface area (Å²) in [5, 5.41) is 2.92. The number of carbonyl (C=O) groups is 7. The summed E-state index contributed by atoms with van der Waals surface area (Å²) in [7, 11) is 2.71. The molecule has 2 heterocycles. The highest BCUT2D eigenvalue weighted by Gasteiger charge is 2.45. The van der Waals surface area contributed by atoms with Crippen LogP contribution in [0.15, 0.2) is 54.6 Å². The number of likely N-dealkylation sites (N-methyl/N-ethyl adjacent to an activating group) is 2. The number of benzene rings is 2. The number of hydrogen-bond donors (Lipinski definition) is 2. The van der Waals surface area contributed by atoms with Crippen LogP contribution in [-0.2, 0) is 68.9 Å². The number of likely N-dealkylation sites (tertiary alicyclic amines) is 1. The van der Waals surface area contributed by atoms with Crippen LogP contribution in [0.5, 0.6) is 0 Å². The molecule has 1 saturated carbocycles. The van der Waals surface area contributed by atoms with Gasteiger partial charge in [0.1, 0.15) is 6.04 Å². The molecule has 452 valence electrons. The third-order valence-electron chi connectivity index (χ3n) is 15.9. The van der Waals surface area contributed by atoms with Gasteiger partial charge in [-0.15, -0.1) is 5.06 Å². The topological polar surface area (TPSA) is 246 Å². The average molecular weight is 1160 g/mol. The number of imide groups is 1. The Hall–Kier alpha value is -5.20. The lowest BCUT2D eigenvalue weighted by Gasteiger charge is -2.41. The van der Waals surface area contributed by atoms with Crippen LogP contribution in [0, 0.1) is 29.6 Å². The van der Waals surface area contributed by atoms with E-state index in [0.29, 0.717) is 82.7 Å². The molecule has 0 unspecified atom stereocenters. The van der Waals surface area contributed by atoms with E-state index in [2.05, 4.69) is 10.0 Å². The van der Waals surface area contributed by atoms with Crippen LogP contribution < -0.4 is 10.0 Å². The molecule has 6 amide bonds. The second-order valence-electron chi connectivity index (χ2n) is 22.4. The van der Waals surface area contributed by atoms with Gasteiger partial charge in [-0.25, -0.2) is 8.42 Å². The van der Waals surface area contributed by atoms with Crippen molar-refractivity contribution in [3.63, 3.8) is 0 Å². The quantitative estimate of drug-likeness (QED) is 0.0687. The lowest BCUT2D eigenvalue weighted by atomic mass is 9.83. The molecule has 2 fully saturated rings. The van der Waals surface area contributed by atoms with Crippen molar-refractivity contribution in [1.82, 2.24) is 29.8 Å². The fourth-order valence-corrected chi connectivity index (χ4v) is 12.4. The van der Waals surface area contributed by atoms with Crippen molar-refractivity contribution in [3.8, 4) is 0 Å². The third kappa shape index (κ3) is 18.4. The molecule has 0 aromatic heterocycles. The number of methoxy groups -OCH3 is 2. The largest absolute Gasteiger partial charge is 0.379 e. The van der Waals surface area contributed by atoms with Gasteiger partial charge in [-0.1, -0.05) is 97.4 Å². The maximum Gasteiger partial charge on any atom is 0.285 e. The number of hydroxylamine groups is 2. The van der Waals surface area contributed by atoms with Gasteiger partial charge in [0, 0.05) is 53.1 Å². The molecule has 9 atom stereocenters. The van der Waals surface area contributed by atoms with E-state index in [9.17, 15) is 42.0 Å². The molecular weight excluding hydrogens is 1060 g/mol. The number of sulfonamides is 1. The molecular formula is C59H90N6O15S. The van der Waals surface area contributed by atoms with Gasteiger partial charge in [0.25, 0.3) is 17.7 Å². The van der Waals surface area contributed by atoms with Crippen molar-refractivity contribution in [3.05, 3.63) is 71.3 Å². The summed E-state index contributed by atoms with van der Waals surface area (Å²) >= 11 is 0. The molecule has 0 bridgehead atoms. The van der Waals surface area contributed by atoms with Crippen LogP contribution in [0.2, 0.25) is 0 Å². The second kappa shape index (κ2) is 32.0. The Morgan fingerprint density at radius 2 is 1.31 bits per heavy atom. The first-order valence-corrected chi connectivity index (χ1v) is 30.2. The Morgan fingerprint density at radius 1 is 0.728 bits per heavy atom. The molecule has 0 spiro atoms. The zero-order chi connectivity index (χ0) is 59.6. The van der Waals surface area contributed by atoms with Gasteiger partial charge in [0.15, 0.2) is 5.78 Å². The summed E-state index contributed by atoms with van der Waals surface area (Å²) in [4.78, 5) is 107. The van der Waals surface area contributed by atoms with Crippen molar-refractivity contribution in [1.29, 1.82) is 0 Å². The zero-order valence-electron chi connectivity index (χ0n) is 49.5. The number of nitrogens with zero attached hydrogens (tertiary/aromatic N) is 4. The van der Waals surface area contributed by atoms with Crippen LogP contribution >= 0.6 is 0 Å². The zero-order valence-corrected chi connectivity index (χ0v) is 50.3. The Morgan fingerprint density at radius 3 is 1.85 bits per heavy atom. The van der Waals surface area contributed by atoms with Crippen molar-refractivity contribution >= 4 is 51.2 Å². The molecule has 2 N–H and O–H groups in total. The van der Waals surface area contributed by atoms with Gasteiger partial charge in [-0.3, -0.25) is 48.0 Å². The van der Waals surface area contributed by atoms with Crippen molar-refractivity contribution in [2.75, 3.05) is 87.7 Å². The SMILES string of the molecule is CC[C@H](C)[C@@H]([C@@H](CC(=O)N1CCC[C@H]1[C@H](OC)[C@@H](C)C(=O)N[C@@H](Cc1ccccc1)C(=O)NS(=O)(=O)C1CC1)OC)N(C)C(=O)[C@@H](CC(=O)[C@H](C(C)C)N(C)CCOCCOCCOCCON1C(=O)c2ccccc2C1=O)C(C)C. The number of Topliss-reactive ketones (excluding diaryl/α,β-unsaturated/α-hetero) is 1. The van der Waals surface area contributed by atoms with E-state index in [1.807, 2.05) is 59.6 Å². The predicted octanol–water partition coefficient (Wildman–Crippen LogP) is 4.71. The molecule has 5 rings (SSSR count). The highest BCUT2D eigenvalue weighted by Crippen LogP contribution is 2.32. The first kappa shape index (κ1) is 66.6. The number of ether oxygens (including phenoxy) is 5. The number of nitrogens with one attached hydrogen (secondary N) is 2. The number of hydrogen-bond acceptors (Lipinski definition) is 16. The van der Waals surface area contributed by atoms with Crippen LogP contribution in [0.3, 0.4) is 0 Å². The first-order chi connectivity index (χ1) is 38.6. The number of rotatable bonds is 37. The van der Waals surface area contributed by atoms with Crippen molar-refractivity contribution in [2.24, 2.45) is 29.6 Å². The monoisotopic (exact) mass is 1150 g/mol. The smallest absolute Gasteiger partial charge is 0.285 e. The minimum atomic E-state index is -3.89. The molecule has 2 aromatic carbocycles. The van der Waals surface area contributed by atoms with Crippen LogP contribution in [0.1, 0.15) is 120 Å². The highest BCUT2D eigenvalue weighted by molar-refractivity contribution is 7.90. The Kier molecular flexibility index (Phi) is 26.3. The third-order valence-corrected chi connectivity index (χ3v) is 17.7. The fraction of sp³-hybridized carbons (Fsp3) is 0.678. The number of amides is 6. The fourth-order valence-electron chi connectivity index (χ4n) is 11.0. The van der Waals surface area contributed by atoms with Crippen LogP contribution in [-0.4, -0.2) is 199 Å². The van der Waals surface area contributed by atoms with E-state index < -0.39 is 87.1 Å². The maximum absolute atomic E-state index is 14.8. The summed E-state index contributed by atoms with van der Waals surface area (Å²) in [5.74, 6) is -4.74. The number of carbonyl (C=O) groups excluding carboxylic acids is 7. The number of fused-ring (bicyclic) bond motifs is 1. The van der Waals surface area contributed by atoms with Gasteiger partial charge in [0.2, 0.25) is 27.7 Å². The van der Waals surface area contributed by atoms with Crippen LogP contribution in [0.25, 0.3) is 0 Å².